The molecular weight excluding hydrogens is 379 g/mol. The average Bonchev–Trinajstić information content (AvgIpc) is 2.74. The Morgan fingerprint density at radius 3 is 3.00 bits per heavy atom. The molecule has 0 aliphatic heterocycles. The van der Waals surface area contributed by atoms with Crippen LogP contribution in [-0.4, -0.2) is 45.7 Å². The first-order chi connectivity index (χ1) is 15.9. The molecule has 1 amide bonds. The van der Waals surface area contributed by atoms with E-state index in [1.807, 2.05) is 0 Å². The third kappa shape index (κ3) is 5.06. The van der Waals surface area contributed by atoms with Crippen LogP contribution < -0.4 is 14.9 Å². The van der Waals surface area contributed by atoms with Crippen LogP contribution in [0.3, 0.4) is 0 Å². The lowest BCUT2D eigenvalue weighted by Crippen LogP contribution is -2.19. The number of methoxy groups -OCH3 is 1. The molecule has 10 heteroatoms. The van der Waals surface area contributed by atoms with Crippen LogP contribution in [0.5, 0.6) is 11.6 Å². The van der Waals surface area contributed by atoms with Gasteiger partial charge in [-0.25, -0.2) is 20.4 Å². The summed E-state index contributed by atoms with van der Waals surface area (Å²) >= 11 is 0. The second-order valence-corrected chi connectivity index (χ2v) is 5.33. The highest BCUT2D eigenvalue weighted by atomic mass is 19.1. The van der Waals surface area contributed by atoms with Gasteiger partial charge in [0, 0.05) is 17.8 Å². The zero-order chi connectivity index (χ0) is 24.9. The second-order valence-electron chi connectivity index (χ2n) is 5.33. The number of nitrogens with zero attached hydrogens (tertiary/aromatic N) is 5. The van der Waals surface area contributed by atoms with Crippen molar-refractivity contribution in [2.75, 3.05) is 13.6 Å². The number of halogens is 1. The predicted octanol–water partition coefficient (Wildman–Crippen LogP) is 2.24. The topological polar surface area (TPSA) is 111 Å². The summed E-state index contributed by atoms with van der Waals surface area (Å²) in [6.07, 6.45) is 5.81. The lowest BCUT2D eigenvalue weighted by molar-refractivity contribution is 0.0950. The molecule has 29 heavy (non-hydrogen) atoms. The van der Waals surface area contributed by atoms with Crippen LogP contribution in [0.15, 0.2) is 48.1 Å². The quantitative estimate of drug-likeness (QED) is 0.367. The van der Waals surface area contributed by atoms with Crippen molar-refractivity contribution in [3.8, 4) is 22.9 Å². The number of ether oxygens (including phenoxy) is 2. The number of carbonyl (C=O) groups is 1. The van der Waals surface area contributed by atoms with Gasteiger partial charge in [0.15, 0.2) is 0 Å². The SMILES string of the molecule is [2H]C([2H])([2H])Oc1cnc(F)c(/C=N/NC(=O)c2cncc(-c3ccc(OC([2H])([2H])C)nc3)n2)c1. The zero-order valence-electron chi connectivity index (χ0n) is 20.0. The van der Waals surface area contributed by atoms with Crippen LogP contribution in [0.25, 0.3) is 11.3 Å². The number of amides is 1. The van der Waals surface area contributed by atoms with Crippen LogP contribution >= 0.6 is 0 Å². The fourth-order valence-corrected chi connectivity index (χ4v) is 2.12. The van der Waals surface area contributed by atoms with Crippen LogP contribution in [-0.2, 0) is 0 Å². The largest absolute Gasteiger partial charge is 0.495 e. The van der Waals surface area contributed by atoms with E-state index in [1.165, 1.54) is 31.6 Å². The highest BCUT2D eigenvalue weighted by molar-refractivity contribution is 5.93. The molecule has 3 aromatic rings. The van der Waals surface area contributed by atoms with Crippen molar-refractivity contribution in [3.05, 3.63) is 60.2 Å². The first kappa shape index (κ1) is 14.1. The fourth-order valence-electron chi connectivity index (χ4n) is 2.12. The molecule has 0 bridgehead atoms. The maximum absolute atomic E-state index is 13.8. The van der Waals surface area contributed by atoms with E-state index in [9.17, 15) is 9.18 Å². The predicted molar refractivity (Wildman–Crippen MR) is 102 cm³/mol. The minimum absolute atomic E-state index is 0.0718. The van der Waals surface area contributed by atoms with Gasteiger partial charge in [-0.2, -0.15) is 9.49 Å². The van der Waals surface area contributed by atoms with E-state index < -0.39 is 25.5 Å². The van der Waals surface area contributed by atoms with Crippen molar-refractivity contribution in [1.29, 1.82) is 0 Å². The van der Waals surface area contributed by atoms with Gasteiger partial charge in [-0.05, 0) is 19.1 Å². The molecule has 0 atom stereocenters. The Morgan fingerprint density at radius 2 is 2.24 bits per heavy atom. The Hall–Kier alpha value is -3.95. The highest BCUT2D eigenvalue weighted by Crippen LogP contribution is 2.18. The molecule has 3 heterocycles. The molecule has 0 spiro atoms. The molecule has 3 rings (SSSR count). The molecule has 0 saturated carbocycles. The Morgan fingerprint density at radius 1 is 1.34 bits per heavy atom. The molecule has 0 saturated heterocycles. The van der Waals surface area contributed by atoms with Gasteiger partial charge in [0.25, 0.3) is 5.91 Å². The standard InChI is InChI=1S/C19H17FN6O3/c1-3-29-17-5-4-12(7-22-17)15-10-21-11-16(25-15)19(27)26-24-8-13-6-14(28-2)9-23-18(13)20/h4-11H,3H2,1-2H3,(H,26,27)/b24-8+/i2D3,3D2. The third-order valence-electron chi connectivity index (χ3n) is 3.43. The van der Waals surface area contributed by atoms with Crippen molar-refractivity contribution in [2.45, 2.75) is 6.92 Å². The van der Waals surface area contributed by atoms with Gasteiger partial charge in [-0.3, -0.25) is 9.78 Å². The smallest absolute Gasteiger partial charge is 0.291 e. The first-order valence-electron chi connectivity index (χ1n) is 10.6. The lowest BCUT2D eigenvalue weighted by atomic mass is 10.2. The maximum atomic E-state index is 13.8. The summed E-state index contributed by atoms with van der Waals surface area (Å²) in [5.41, 5.74) is 2.64. The minimum atomic E-state index is -2.74. The number of carbonyl (C=O) groups excluding carboxylic acids is 1. The van der Waals surface area contributed by atoms with Crippen molar-refractivity contribution in [3.63, 3.8) is 0 Å². The number of nitrogens with one attached hydrogen (secondary N) is 1. The molecule has 148 valence electrons. The zero-order valence-corrected chi connectivity index (χ0v) is 15.0. The van der Waals surface area contributed by atoms with Gasteiger partial charge < -0.3 is 9.47 Å². The maximum Gasteiger partial charge on any atom is 0.291 e. The van der Waals surface area contributed by atoms with Crippen LogP contribution in [0, 0.1) is 5.95 Å². The molecule has 0 aliphatic rings. The second kappa shape index (κ2) is 9.31. The summed E-state index contributed by atoms with van der Waals surface area (Å²) in [6, 6.07) is 4.08. The van der Waals surface area contributed by atoms with Crippen molar-refractivity contribution < 1.29 is 25.5 Å². The van der Waals surface area contributed by atoms with Crippen molar-refractivity contribution in [2.24, 2.45) is 5.10 Å². The third-order valence-corrected chi connectivity index (χ3v) is 3.43. The number of hydrogen-bond acceptors (Lipinski definition) is 8. The molecule has 3 aromatic heterocycles. The van der Waals surface area contributed by atoms with Crippen LogP contribution in [0.1, 0.15) is 29.8 Å². The van der Waals surface area contributed by atoms with E-state index in [1.54, 1.807) is 6.07 Å². The molecule has 0 fully saturated rings. The van der Waals surface area contributed by atoms with Gasteiger partial charge in [0.1, 0.15) is 11.4 Å². The Bertz CT molecular complexity index is 1200. The van der Waals surface area contributed by atoms with E-state index in [0.29, 0.717) is 11.3 Å². The van der Waals surface area contributed by atoms with E-state index in [2.05, 4.69) is 35.2 Å². The van der Waals surface area contributed by atoms with E-state index in [-0.39, 0.29) is 22.9 Å². The summed E-state index contributed by atoms with van der Waals surface area (Å²) in [4.78, 5) is 27.9. The first-order valence-corrected chi connectivity index (χ1v) is 8.05. The number of hydrazone groups is 1. The van der Waals surface area contributed by atoms with E-state index in [4.69, 9.17) is 11.6 Å². The summed E-state index contributed by atoms with van der Waals surface area (Å²) in [7, 11) is -2.74. The number of hydrogen-bond donors (Lipinski definition) is 1. The normalized spacial score (nSPS) is 14.2. The number of pyridine rings is 2. The van der Waals surface area contributed by atoms with Crippen LogP contribution in [0.4, 0.5) is 4.39 Å². The molecule has 9 nitrogen and oxygen atoms in total. The summed E-state index contributed by atoms with van der Waals surface area (Å²) < 4.78 is 59.5. The Balaban J connectivity index is 1.69. The molecule has 0 aromatic carbocycles. The number of rotatable bonds is 7. The molecular formula is C19H17FN6O3. The van der Waals surface area contributed by atoms with Gasteiger partial charge in [0.05, 0.1) is 56.5 Å². The lowest BCUT2D eigenvalue weighted by Gasteiger charge is -2.05. The Kier molecular flexibility index (Phi) is 4.53. The molecule has 1 N–H and O–H groups in total. The van der Waals surface area contributed by atoms with Gasteiger partial charge >= 0.3 is 0 Å². The van der Waals surface area contributed by atoms with Crippen molar-refractivity contribution in [1.82, 2.24) is 25.4 Å². The Labute approximate surface area is 172 Å². The van der Waals surface area contributed by atoms with E-state index in [0.717, 1.165) is 18.5 Å². The summed E-state index contributed by atoms with van der Waals surface area (Å²) in [5.74, 6) is -1.83. The van der Waals surface area contributed by atoms with E-state index >= 15 is 0 Å². The number of aromatic nitrogens is 4. The van der Waals surface area contributed by atoms with Gasteiger partial charge in [-0.1, -0.05) is 0 Å². The molecule has 0 aliphatic carbocycles. The van der Waals surface area contributed by atoms with Gasteiger partial charge in [0.2, 0.25) is 11.8 Å². The van der Waals surface area contributed by atoms with Crippen LogP contribution in [0.2, 0.25) is 0 Å². The van der Waals surface area contributed by atoms with Crippen molar-refractivity contribution >= 4 is 12.1 Å². The van der Waals surface area contributed by atoms with Gasteiger partial charge in [-0.15, -0.1) is 0 Å². The summed E-state index contributed by atoms with van der Waals surface area (Å²) in [6.45, 7) is -0.652. The average molecular weight is 401 g/mol. The highest BCUT2D eigenvalue weighted by Gasteiger charge is 2.10. The molecule has 0 radical (unpaired) electrons. The molecule has 0 unspecified atom stereocenters. The minimum Gasteiger partial charge on any atom is -0.495 e. The monoisotopic (exact) mass is 401 g/mol. The summed E-state index contributed by atoms with van der Waals surface area (Å²) in [5, 5.41) is 3.63. The fraction of sp³-hybridized carbons (Fsp3) is 0.158.